The van der Waals surface area contributed by atoms with Crippen LogP contribution in [-0.4, -0.2) is 41.3 Å². The lowest BCUT2D eigenvalue weighted by Gasteiger charge is -2.36. The molecule has 0 aromatic carbocycles. The Morgan fingerprint density at radius 2 is 1.87 bits per heavy atom. The summed E-state index contributed by atoms with van der Waals surface area (Å²) in [7, 11) is 0. The Morgan fingerprint density at radius 3 is 2.20 bits per heavy atom. The van der Waals surface area contributed by atoms with Crippen molar-refractivity contribution in [1.82, 2.24) is 4.90 Å². The summed E-state index contributed by atoms with van der Waals surface area (Å²) in [6.07, 6.45) is 2.00. The van der Waals surface area contributed by atoms with Crippen molar-refractivity contribution in [2.24, 2.45) is 11.5 Å². The van der Waals surface area contributed by atoms with E-state index >= 15 is 0 Å². The number of rotatable bonds is 8. The van der Waals surface area contributed by atoms with Crippen molar-refractivity contribution < 1.29 is 9.90 Å². The molecular weight excluding hydrogens is 194 g/mol. The molecule has 0 aliphatic heterocycles. The van der Waals surface area contributed by atoms with Gasteiger partial charge in [-0.1, -0.05) is 13.8 Å². The summed E-state index contributed by atoms with van der Waals surface area (Å²) >= 11 is 0. The lowest BCUT2D eigenvalue weighted by Crippen LogP contribution is -2.61. The van der Waals surface area contributed by atoms with Crippen LogP contribution in [0.1, 0.15) is 33.1 Å². The minimum absolute atomic E-state index is 0.446. The molecule has 0 aliphatic carbocycles. The Labute approximate surface area is 91.4 Å². The van der Waals surface area contributed by atoms with E-state index in [9.17, 15) is 4.79 Å². The first-order chi connectivity index (χ1) is 7.02. The normalized spacial score (nSPS) is 15.3. The largest absolute Gasteiger partial charge is 0.479 e. The summed E-state index contributed by atoms with van der Waals surface area (Å²) in [6, 6.07) is 0. The maximum Gasteiger partial charge on any atom is 0.338 e. The zero-order chi connectivity index (χ0) is 11.9. The molecule has 0 fully saturated rings. The summed E-state index contributed by atoms with van der Waals surface area (Å²) in [5.74, 6) is -0.955. The molecule has 90 valence electrons. The number of aliphatic carboxylic acids is 1. The molecular formula is C10H23N3O2. The number of carboxylic acids is 1. The monoisotopic (exact) mass is 217 g/mol. The standard InChI is InChI=1S/C10H23N3O2/c1-3-13(4-2)10(12,9(14)15)7-5-6-8-11/h3-8,11-12H2,1-2H3,(H,14,15)/t10-/m1/s1. The van der Waals surface area contributed by atoms with E-state index in [1.807, 2.05) is 13.8 Å². The summed E-state index contributed by atoms with van der Waals surface area (Å²) in [5, 5.41) is 9.17. The topological polar surface area (TPSA) is 92.6 Å². The number of unbranched alkanes of at least 4 members (excludes halogenated alkanes) is 1. The molecule has 0 saturated carbocycles. The second-order valence-corrected chi connectivity index (χ2v) is 3.65. The fourth-order valence-corrected chi connectivity index (χ4v) is 1.73. The first kappa shape index (κ1) is 14.3. The fourth-order valence-electron chi connectivity index (χ4n) is 1.73. The van der Waals surface area contributed by atoms with Crippen LogP contribution in [0.25, 0.3) is 0 Å². The molecule has 0 bridgehead atoms. The Bertz CT molecular complexity index is 195. The third-order valence-electron chi connectivity index (χ3n) is 2.71. The summed E-state index contributed by atoms with van der Waals surface area (Å²) in [5.41, 5.74) is 10.1. The maximum atomic E-state index is 11.2. The van der Waals surface area contributed by atoms with Crippen LogP contribution in [0.4, 0.5) is 0 Å². The van der Waals surface area contributed by atoms with Gasteiger partial charge >= 0.3 is 5.97 Å². The van der Waals surface area contributed by atoms with Gasteiger partial charge in [-0.05, 0) is 38.9 Å². The quantitative estimate of drug-likeness (QED) is 0.399. The third-order valence-corrected chi connectivity index (χ3v) is 2.71. The van der Waals surface area contributed by atoms with Gasteiger partial charge in [-0.15, -0.1) is 0 Å². The predicted molar refractivity (Wildman–Crippen MR) is 60.4 cm³/mol. The Balaban J connectivity index is 4.50. The van der Waals surface area contributed by atoms with Gasteiger partial charge in [0.25, 0.3) is 0 Å². The molecule has 1 atom stereocenters. The van der Waals surface area contributed by atoms with Gasteiger partial charge in [-0.3, -0.25) is 4.90 Å². The molecule has 0 saturated heterocycles. The molecule has 5 heteroatoms. The van der Waals surface area contributed by atoms with E-state index in [0.717, 1.165) is 12.8 Å². The molecule has 0 spiro atoms. The highest BCUT2D eigenvalue weighted by atomic mass is 16.4. The van der Waals surface area contributed by atoms with Crippen molar-refractivity contribution >= 4 is 5.97 Å². The predicted octanol–water partition coefficient (Wildman–Crippen LogP) is 0.197. The smallest absolute Gasteiger partial charge is 0.338 e. The number of nitrogens with zero attached hydrogens (tertiary/aromatic N) is 1. The third kappa shape index (κ3) is 3.77. The second-order valence-electron chi connectivity index (χ2n) is 3.65. The van der Waals surface area contributed by atoms with E-state index in [2.05, 4.69) is 0 Å². The number of hydrogen-bond acceptors (Lipinski definition) is 4. The van der Waals surface area contributed by atoms with Crippen LogP contribution in [0.3, 0.4) is 0 Å². The van der Waals surface area contributed by atoms with Gasteiger partial charge in [-0.2, -0.15) is 0 Å². The van der Waals surface area contributed by atoms with Crippen molar-refractivity contribution in [3.05, 3.63) is 0 Å². The highest BCUT2D eigenvalue weighted by molar-refractivity contribution is 5.77. The first-order valence-electron chi connectivity index (χ1n) is 5.50. The molecule has 0 unspecified atom stereocenters. The lowest BCUT2D eigenvalue weighted by atomic mass is 10.0. The molecule has 0 rings (SSSR count). The number of hydrogen-bond donors (Lipinski definition) is 3. The molecule has 5 nitrogen and oxygen atoms in total. The summed E-state index contributed by atoms with van der Waals surface area (Å²) in [4.78, 5) is 12.9. The lowest BCUT2D eigenvalue weighted by molar-refractivity contribution is -0.152. The van der Waals surface area contributed by atoms with Gasteiger partial charge in [0.15, 0.2) is 5.66 Å². The number of carboxylic acid groups (broad SMARTS) is 1. The van der Waals surface area contributed by atoms with Crippen molar-refractivity contribution in [3.63, 3.8) is 0 Å². The minimum Gasteiger partial charge on any atom is -0.479 e. The van der Waals surface area contributed by atoms with Crippen LogP contribution in [0, 0.1) is 0 Å². The van der Waals surface area contributed by atoms with E-state index in [0.29, 0.717) is 26.1 Å². The van der Waals surface area contributed by atoms with E-state index < -0.39 is 11.6 Å². The van der Waals surface area contributed by atoms with Crippen molar-refractivity contribution in [1.29, 1.82) is 0 Å². The van der Waals surface area contributed by atoms with Gasteiger partial charge < -0.3 is 16.6 Å². The average molecular weight is 217 g/mol. The number of nitrogens with two attached hydrogens (primary N) is 2. The number of likely N-dealkylation sites (N-methyl/N-ethyl adjacent to an activating group) is 1. The van der Waals surface area contributed by atoms with E-state index in [1.165, 1.54) is 0 Å². The minimum atomic E-state index is -1.24. The Hall–Kier alpha value is -0.650. The first-order valence-corrected chi connectivity index (χ1v) is 5.50. The molecule has 0 radical (unpaired) electrons. The highest BCUT2D eigenvalue weighted by Gasteiger charge is 2.38. The number of carbonyl (C=O) groups is 1. The fraction of sp³-hybridized carbons (Fsp3) is 0.900. The average Bonchev–Trinajstić information content (AvgIpc) is 2.19. The van der Waals surface area contributed by atoms with Gasteiger partial charge in [0.2, 0.25) is 0 Å². The zero-order valence-electron chi connectivity index (χ0n) is 9.70. The van der Waals surface area contributed by atoms with E-state index in [1.54, 1.807) is 4.90 Å². The van der Waals surface area contributed by atoms with Crippen LogP contribution < -0.4 is 11.5 Å². The van der Waals surface area contributed by atoms with Crippen molar-refractivity contribution in [2.45, 2.75) is 38.8 Å². The molecule has 0 amide bonds. The molecule has 0 aliphatic rings. The van der Waals surface area contributed by atoms with Crippen molar-refractivity contribution in [2.75, 3.05) is 19.6 Å². The summed E-state index contributed by atoms with van der Waals surface area (Å²) in [6.45, 7) is 5.69. The van der Waals surface area contributed by atoms with Gasteiger partial charge in [0, 0.05) is 0 Å². The van der Waals surface area contributed by atoms with E-state index in [-0.39, 0.29) is 0 Å². The van der Waals surface area contributed by atoms with Crippen molar-refractivity contribution in [3.8, 4) is 0 Å². The van der Waals surface area contributed by atoms with Crippen LogP contribution in [0.5, 0.6) is 0 Å². The van der Waals surface area contributed by atoms with E-state index in [4.69, 9.17) is 16.6 Å². The Kier molecular flexibility index (Phi) is 6.47. The van der Waals surface area contributed by atoms with Gasteiger partial charge in [0.05, 0.1) is 0 Å². The van der Waals surface area contributed by atoms with Crippen LogP contribution >= 0.6 is 0 Å². The van der Waals surface area contributed by atoms with Crippen LogP contribution in [0.15, 0.2) is 0 Å². The molecule has 5 N–H and O–H groups in total. The second kappa shape index (κ2) is 6.76. The molecule has 0 heterocycles. The summed E-state index contributed by atoms with van der Waals surface area (Å²) < 4.78 is 0. The highest BCUT2D eigenvalue weighted by Crippen LogP contribution is 2.16. The molecule has 15 heavy (non-hydrogen) atoms. The van der Waals surface area contributed by atoms with Gasteiger partial charge in [0.1, 0.15) is 0 Å². The molecule has 0 aromatic heterocycles. The molecule has 0 aromatic rings. The SMILES string of the molecule is CCN(CC)[C@](N)(CCCCN)C(=O)O. The van der Waals surface area contributed by atoms with Crippen LogP contribution in [0.2, 0.25) is 0 Å². The maximum absolute atomic E-state index is 11.2. The van der Waals surface area contributed by atoms with Crippen LogP contribution in [-0.2, 0) is 4.79 Å². The zero-order valence-corrected chi connectivity index (χ0v) is 9.70. The van der Waals surface area contributed by atoms with Gasteiger partial charge in [-0.25, -0.2) is 4.79 Å². The Morgan fingerprint density at radius 1 is 1.33 bits per heavy atom.